The maximum atomic E-state index is 12.2. The molecule has 1 atom stereocenters. The van der Waals surface area contributed by atoms with Gasteiger partial charge in [-0.3, -0.25) is 4.79 Å². The first-order valence-corrected chi connectivity index (χ1v) is 6.33. The van der Waals surface area contributed by atoms with Crippen molar-refractivity contribution in [3.05, 3.63) is 42.0 Å². The summed E-state index contributed by atoms with van der Waals surface area (Å²) in [6.45, 7) is 1.94. The molecular formula is C14H17N3O3. The van der Waals surface area contributed by atoms with Crippen LogP contribution in [0.1, 0.15) is 35.6 Å². The molecule has 2 aromatic rings. The van der Waals surface area contributed by atoms with Gasteiger partial charge < -0.3 is 20.1 Å². The second kappa shape index (κ2) is 6.10. The first kappa shape index (κ1) is 13.9. The topological polar surface area (TPSA) is 87.2 Å². The number of carbonyl (C=O) groups is 1. The van der Waals surface area contributed by atoms with Gasteiger partial charge in [0, 0.05) is 12.4 Å². The number of aromatic hydroxyl groups is 1. The number of hydrogen-bond donors (Lipinski definition) is 3. The highest BCUT2D eigenvalue weighted by atomic mass is 16.5. The zero-order valence-electron chi connectivity index (χ0n) is 11.4. The van der Waals surface area contributed by atoms with Gasteiger partial charge in [-0.15, -0.1) is 0 Å². The molecule has 0 spiro atoms. The minimum absolute atomic E-state index is 0.165. The van der Waals surface area contributed by atoms with Crippen LogP contribution >= 0.6 is 0 Å². The van der Waals surface area contributed by atoms with E-state index in [-0.39, 0.29) is 29.0 Å². The maximum Gasteiger partial charge on any atom is 0.255 e. The molecule has 1 heterocycles. The number of hydrogen-bond acceptors (Lipinski definition) is 4. The Kier molecular flexibility index (Phi) is 4.24. The van der Waals surface area contributed by atoms with Crippen LogP contribution in [0.3, 0.4) is 0 Å². The number of aromatic amines is 1. The molecule has 1 aromatic heterocycles. The molecule has 106 valence electrons. The van der Waals surface area contributed by atoms with Crippen molar-refractivity contribution in [2.24, 2.45) is 0 Å². The number of methoxy groups -OCH3 is 1. The average molecular weight is 275 g/mol. The first-order chi connectivity index (χ1) is 9.67. The largest absolute Gasteiger partial charge is 0.504 e. The fourth-order valence-electron chi connectivity index (χ4n) is 1.94. The Balaban J connectivity index is 2.19. The van der Waals surface area contributed by atoms with E-state index in [9.17, 15) is 9.90 Å². The Bertz CT molecular complexity index is 581. The number of rotatable bonds is 5. The quantitative estimate of drug-likeness (QED) is 0.779. The van der Waals surface area contributed by atoms with E-state index in [0.29, 0.717) is 12.2 Å². The summed E-state index contributed by atoms with van der Waals surface area (Å²) in [7, 11) is 1.44. The molecule has 2 rings (SSSR count). The number of benzene rings is 1. The lowest BCUT2D eigenvalue weighted by atomic mass is 10.1. The third-order valence-corrected chi connectivity index (χ3v) is 3.03. The number of para-hydroxylation sites is 1. The van der Waals surface area contributed by atoms with Crippen LogP contribution in [0.2, 0.25) is 0 Å². The lowest BCUT2D eigenvalue weighted by Gasteiger charge is -2.15. The van der Waals surface area contributed by atoms with Crippen molar-refractivity contribution in [2.45, 2.75) is 19.4 Å². The van der Waals surface area contributed by atoms with Crippen molar-refractivity contribution in [2.75, 3.05) is 7.11 Å². The van der Waals surface area contributed by atoms with E-state index in [1.165, 1.54) is 7.11 Å². The molecule has 3 N–H and O–H groups in total. The van der Waals surface area contributed by atoms with Crippen LogP contribution in [0.5, 0.6) is 11.5 Å². The molecule has 0 saturated carbocycles. The standard InChI is InChI=1S/C14H17N3O3/c1-3-10(13-15-7-8-16-13)17-14(19)9-5-4-6-11(20-2)12(9)18/h4-8,10,18H,3H2,1-2H3,(H,15,16)(H,17,19). The van der Waals surface area contributed by atoms with E-state index in [0.717, 1.165) is 0 Å². The number of H-pyrrole nitrogens is 1. The Hall–Kier alpha value is -2.50. The highest BCUT2D eigenvalue weighted by Crippen LogP contribution is 2.29. The van der Waals surface area contributed by atoms with E-state index in [4.69, 9.17) is 4.74 Å². The van der Waals surface area contributed by atoms with Crippen LogP contribution in [-0.2, 0) is 0 Å². The molecule has 1 aromatic carbocycles. The van der Waals surface area contributed by atoms with Crippen molar-refractivity contribution < 1.29 is 14.6 Å². The number of nitrogens with zero attached hydrogens (tertiary/aromatic N) is 1. The maximum absolute atomic E-state index is 12.2. The molecule has 6 heteroatoms. The monoisotopic (exact) mass is 275 g/mol. The lowest BCUT2D eigenvalue weighted by Crippen LogP contribution is -2.29. The summed E-state index contributed by atoms with van der Waals surface area (Å²) >= 11 is 0. The Morgan fingerprint density at radius 2 is 2.35 bits per heavy atom. The smallest absolute Gasteiger partial charge is 0.255 e. The zero-order chi connectivity index (χ0) is 14.5. The van der Waals surface area contributed by atoms with Crippen molar-refractivity contribution in [3.63, 3.8) is 0 Å². The van der Waals surface area contributed by atoms with Crippen LogP contribution in [0.4, 0.5) is 0 Å². The lowest BCUT2D eigenvalue weighted by molar-refractivity contribution is 0.0930. The molecule has 0 saturated heterocycles. The van der Waals surface area contributed by atoms with Gasteiger partial charge in [0.2, 0.25) is 0 Å². The minimum Gasteiger partial charge on any atom is -0.504 e. The van der Waals surface area contributed by atoms with Gasteiger partial charge in [0.25, 0.3) is 5.91 Å². The van der Waals surface area contributed by atoms with Crippen LogP contribution in [0.25, 0.3) is 0 Å². The predicted molar refractivity (Wildman–Crippen MR) is 73.7 cm³/mol. The Morgan fingerprint density at radius 3 is 2.95 bits per heavy atom. The van der Waals surface area contributed by atoms with Gasteiger partial charge in [-0.1, -0.05) is 13.0 Å². The van der Waals surface area contributed by atoms with E-state index < -0.39 is 0 Å². The Morgan fingerprint density at radius 1 is 1.55 bits per heavy atom. The fourth-order valence-corrected chi connectivity index (χ4v) is 1.94. The van der Waals surface area contributed by atoms with Crippen LogP contribution in [0.15, 0.2) is 30.6 Å². The first-order valence-electron chi connectivity index (χ1n) is 6.33. The normalized spacial score (nSPS) is 11.9. The summed E-state index contributed by atoms with van der Waals surface area (Å²) in [6.07, 6.45) is 4.02. The third kappa shape index (κ3) is 2.74. The summed E-state index contributed by atoms with van der Waals surface area (Å²) in [6, 6.07) is 4.56. The van der Waals surface area contributed by atoms with Gasteiger partial charge in [0.05, 0.1) is 18.7 Å². The van der Waals surface area contributed by atoms with Crippen molar-refractivity contribution in [1.82, 2.24) is 15.3 Å². The van der Waals surface area contributed by atoms with Gasteiger partial charge in [0.1, 0.15) is 5.82 Å². The molecule has 1 unspecified atom stereocenters. The molecule has 0 fully saturated rings. The fraction of sp³-hybridized carbons (Fsp3) is 0.286. The number of ether oxygens (including phenoxy) is 1. The second-order valence-electron chi connectivity index (χ2n) is 4.27. The van der Waals surface area contributed by atoms with Crippen molar-refractivity contribution >= 4 is 5.91 Å². The number of amides is 1. The molecule has 1 amide bonds. The molecular weight excluding hydrogens is 258 g/mol. The Labute approximate surface area is 116 Å². The summed E-state index contributed by atoms with van der Waals surface area (Å²) in [5, 5.41) is 12.8. The van der Waals surface area contributed by atoms with E-state index in [1.807, 2.05) is 6.92 Å². The van der Waals surface area contributed by atoms with Crippen molar-refractivity contribution in [1.29, 1.82) is 0 Å². The highest BCUT2D eigenvalue weighted by molar-refractivity contribution is 5.97. The van der Waals surface area contributed by atoms with E-state index in [1.54, 1.807) is 30.6 Å². The highest BCUT2D eigenvalue weighted by Gasteiger charge is 2.19. The van der Waals surface area contributed by atoms with E-state index in [2.05, 4.69) is 15.3 Å². The number of phenols is 1. The minimum atomic E-state index is -0.371. The van der Waals surface area contributed by atoms with E-state index >= 15 is 0 Å². The SMILES string of the molecule is CCC(NC(=O)c1cccc(OC)c1O)c1ncc[nH]1. The number of carbonyl (C=O) groups excluding carboxylic acids is 1. The van der Waals surface area contributed by atoms with Crippen LogP contribution in [-0.4, -0.2) is 28.1 Å². The van der Waals surface area contributed by atoms with Crippen LogP contribution < -0.4 is 10.1 Å². The number of imidazole rings is 1. The van der Waals surface area contributed by atoms with Gasteiger partial charge in [-0.25, -0.2) is 4.98 Å². The summed E-state index contributed by atoms with van der Waals surface area (Å²) in [5.74, 6) is 0.415. The number of aromatic nitrogens is 2. The molecule has 0 radical (unpaired) electrons. The van der Waals surface area contributed by atoms with Gasteiger partial charge >= 0.3 is 0 Å². The van der Waals surface area contributed by atoms with Gasteiger partial charge in [0.15, 0.2) is 11.5 Å². The molecule has 6 nitrogen and oxygen atoms in total. The molecule has 20 heavy (non-hydrogen) atoms. The van der Waals surface area contributed by atoms with Gasteiger partial charge in [-0.2, -0.15) is 0 Å². The molecule has 0 aliphatic rings. The summed E-state index contributed by atoms with van der Waals surface area (Å²) < 4.78 is 4.99. The predicted octanol–water partition coefficient (Wildman–Crippen LogP) is 2.00. The second-order valence-corrected chi connectivity index (χ2v) is 4.27. The van der Waals surface area contributed by atoms with Gasteiger partial charge in [-0.05, 0) is 18.6 Å². The number of phenolic OH excluding ortho intramolecular Hbond substituents is 1. The average Bonchev–Trinajstić information content (AvgIpc) is 2.98. The number of nitrogens with one attached hydrogen (secondary N) is 2. The molecule has 0 bridgehead atoms. The zero-order valence-corrected chi connectivity index (χ0v) is 11.4. The molecule has 0 aliphatic heterocycles. The van der Waals surface area contributed by atoms with Crippen molar-refractivity contribution in [3.8, 4) is 11.5 Å². The third-order valence-electron chi connectivity index (χ3n) is 3.03. The molecule has 0 aliphatic carbocycles. The summed E-state index contributed by atoms with van der Waals surface area (Å²) in [5.41, 5.74) is 0.175. The summed E-state index contributed by atoms with van der Waals surface area (Å²) in [4.78, 5) is 19.3. The van der Waals surface area contributed by atoms with Crippen LogP contribution in [0, 0.1) is 0 Å².